The number of fused-ring (bicyclic) bond motifs is 10. The van der Waals surface area contributed by atoms with Crippen LogP contribution in [-0.4, -0.2) is 14.9 Å². The molecule has 0 saturated carbocycles. The average molecular weight is 567 g/mol. The van der Waals surface area contributed by atoms with Crippen LogP contribution in [0.25, 0.3) is 66.1 Å². The van der Waals surface area contributed by atoms with Crippen LogP contribution in [0.5, 0.6) is 0 Å². The van der Waals surface area contributed by atoms with E-state index >= 15 is 0 Å². The summed E-state index contributed by atoms with van der Waals surface area (Å²) in [6.07, 6.45) is 0. The van der Waals surface area contributed by atoms with Crippen molar-refractivity contribution in [2.45, 2.75) is 26.2 Å². The number of ketones is 1. The summed E-state index contributed by atoms with van der Waals surface area (Å²) in [6, 6.07) is 45.1. The molecular weight excluding hydrogens is 536 g/mol. The normalized spacial score (nSPS) is 12.9. The minimum absolute atomic E-state index is 0.000920. The molecule has 0 fully saturated rings. The maximum Gasteiger partial charge on any atom is 0.196 e. The van der Waals surface area contributed by atoms with E-state index in [2.05, 4.69) is 139 Å². The fourth-order valence-corrected chi connectivity index (χ4v) is 7.30. The summed E-state index contributed by atoms with van der Waals surface area (Å²) in [5.41, 5.74) is 11.4. The topological polar surface area (TPSA) is 26.9 Å². The quantitative estimate of drug-likeness (QED) is 0.204. The van der Waals surface area contributed by atoms with Crippen LogP contribution in [0.1, 0.15) is 42.3 Å². The molecule has 0 bridgehead atoms. The summed E-state index contributed by atoms with van der Waals surface area (Å²) in [7, 11) is 0. The van der Waals surface area contributed by atoms with Gasteiger partial charge >= 0.3 is 0 Å². The molecule has 0 spiro atoms. The molecule has 0 unspecified atom stereocenters. The third-order valence-electron chi connectivity index (χ3n) is 9.41. The summed E-state index contributed by atoms with van der Waals surface area (Å²) in [5, 5.41) is 4.71. The molecule has 3 nitrogen and oxygen atoms in total. The minimum Gasteiger partial charge on any atom is -0.309 e. The molecule has 2 heterocycles. The summed E-state index contributed by atoms with van der Waals surface area (Å²) >= 11 is 0. The molecule has 8 aromatic rings. The zero-order valence-electron chi connectivity index (χ0n) is 24.9. The first-order chi connectivity index (χ1) is 21.4. The number of hydrogen-bond acceptors (Lipinski definition) is 1. The Kier molecular flexibility index (Phi) is 5.03. The third-order valence-corrected chi connectivity index (χ3v) is 9.41. The van der Waals surface area contributed by atoms with Gasteiger partial charge in [0, 0.05) is 38.5 Å². The molecule has 1 aliphatic carbocycles. The van der Waals surface area contributed by atoms with Crippen molar-refractivity contribution in [1.29, 1.82) is 0 Å². The summed E-state index contributed by atoms with van der Waals surface area (Å²) in [6.45, 7) is 6.75. The summed E-state index contributed by atoms with van der Waals surface area (Å²) in [4.78, 5) is 14.1. The number of carbonyl (C=O) groups excluding carboxylic acids is 1. The first-order valence-corrected chi connectivity index (χ1v) is 15.2. The molecule has 0 atom stereocenters. The lowest BCUT2D eigenvalue weighted by atomic mass is 9.86. The second-order valence-corrected chi connectivity index (χ2v) is 13.0. The number of rotatable bonds is 2. The zero-order chi connectivity index (χ0) is 29.7. The molecule has 2 aromatic heterocycles. The van der Waals surface area contributed by atoms with Crippen LogP contribution in [0.2, 0.25) is 0 Å². The van der Waals surface area contributed by atoms with Crippen LogP contribution in [0.15, 0.2) is 127 Å². The lowest BCUT2D eigenvalue weighted by molar-refractivity contribution is 0.104. The molecule has 0 saturated heterocycles. The fourth-order valence-electron chi connectivity index (χ4n) is 7.30. The van der Waals surface area contributed by atoms with E-state index in [4.69, 9.17) is 0 Å². The van der Waals surface area contributed by atoms with Gasteiger partial charge < -0.3 is 9.13 Å². The smallest absolute Gasteiger partial charge is 0.196 e. The van der Waals surface area contributed by atoms with Gasteiger partial charge in [-0.1, -0.05) is 106 Å². The van der Waals surface area contributed by atoms with Crippen molar-refractivity contribution in [1.82, 2.24) is 9.13 Å². The van der Waals surface area contributed by atoms with E-state index in [1.807, 2.05) is 18.2 Å². The Morgan fingerprint density at radius 1 is 0.477 bits per heavy atom. The highest BCUT2D eigenvalue weighted by atomic mass is 16.1. The molecule has 1 aliphatic rings. The Bertz CT molecular complexity index is 2490. The molecular formula is C41H30N2O. The van der Waals surface area contributed by atoms with Crippen LogP contribution in [0.3, 0.4) is 0 Å². The van der Waals surface area contributed by atoms with E-state index in [1.165, 1.54) is 27.2 Å². The Hall–Kier alpha value is -5.41. The average Bonchev–Trinajstić information content (AvgIpc) is 3.66. The Morgan fingerprint density at radius 2 is 1.16 bits per heavy atom. The number of nitrogens with zero attached hydrogens (tertiary/aromatic N) is 2. The molecule has 0 amide bonds. The fraction of sp³-hybridized carbons (Fsp3) is 0.0976. The number of hydrogen-bond donors (Lipinski definition) is 0. The van der Waals surface area contributed by atoms with Gasteiger partial charge in [0.25, 0.3) is 0 Å². The SMILES string of the molecule is CC(C)(C)c1ccc2c(c1)c1ccc3c(c1n2-c1ccc2c4ccccc4n(-c4ccccc4)c2c1)C(=O)c1ccccc1-3. The van der Waals surface area contributed by atoms with Crippen LogP contribution in [0, 0.1) is 0 Å². The first kappa shape index (κ1) is 25.1. The standard InChI is InChI=1S/C41H30N2O/c1-41(2,3)25-17-22-36-34(23-25)32-21-20-31-28-13-7-8-15-33(28)40(44)38(31)39(32)43(36)27-18-19-30-29-14-9-10-16-35(29)42(37(30)24-27)26-11-5-4-6-12-26/h4-24H,1-3H3. The van der Waals surface area contributed by atoms with Crippen molar-refractivity contribution in [3.8, 4) is 22.5 Å². The highest BCUT2D eigenvalue weighted by molar-refractivity contribution is 6.29. The van der Waals surface area contributed by atoms with Gasteiger partial charge in [0.2, 0.25) is 0 Å². The number of aromatic nitrogens is 2. The minimum atomic E-state index is 0.000920. The molecule has 0 radical (unpaired) electrons. The second-order valence-electron chi connectivity index (χ2n) is 13.0. The van der Waals surface area contributed by atoms with E-state index in [1.54, 1.807) is 0 Å². The van der Waals surface area contributed by atoms with Crippen LogP contribution < -0.4 is 0 Å². The number of carbonyl (C=O) groups is 1. The van der Waals surface area contributed by atoms with E-state index in [9.17, 15) is 4.79 Å². The van der Waals surface area contributed by atoms with E-state index in [0.29, 0.717) is 0 Å². The van der Waals surface area contributed by atoms with Crippen molar-refractivity contribution in [3.63, 3.8) is 0 Å². The van der Waals surface area contributed by atoms with Crippen LogP contribution >= 0.6 is 0 Å². The predicted molar refractivity (Wildman–Crippen MR) is 183 cm³/mol. The number of benzene rings is 6. The van der Waals surface area contributed by atoms with E-state index in [-0.39, 0.29) is 11.2 Å². The van der Waals surface area contributed by atoms with Gasteiger partial charge in [-0.25, -0.2) is 0 Å². The van der Waals surface area contributed by atoms with Crippen molar-refractivity contribution >= 4 is 49.4 Å². The molecule has 210 valence electrons. The molecule has 0 N–H and O–H groups in total. The van der Waals surface area contributed by atoms with Gasteiger partial charge in [-0.05, 0) is 64.6 Å². The van der Waals surface area contributed by atoms with Gasteiger partial charge in [-0.15, -0.1) is 0 Å². The highest BCUT2D eigenvalue weighted by Crippen LogP contribution is 2.45. The van der Waals surface area contributed by atoms with Gasteiger partial charge in [0.1, 0.15) is 0 Å². The molecule has 9 rings (SSSR count). The van der Waals surface area contributed by atoms with Crippen molar-refractivity contribution in [2.24, 2.45) is 0 Å². The van der Waals surface area contributed by atoms with Gasteiger partial charge in [-0.2, -0.15) is 0 Å². The monoisotopic (exact) mass is 566 g/mol. The van der Waals surface area contributed by atoms with Gasteiger partial charge in [0.15, 0.2) is 5.78 Å². The lowest BCUT2D eigenvalue weighted by Crippen LogP contribution is -2.10. The highest BCUT2D eigenvalue weighted by Gasteiger charge is 2.31. The maximum atomic E-state index is 14.1. The Labute approximate surface area is 255 Å². The summed E-state index contributed by atoms with van der Waals surface area (Å²) in [5.74, 6) is 0.0979. The Morgan fingerprint density at radius 3 is 1.98 bits per heavy atom. The second kappa shape index (κ2) is 8.81. The number of para-hydroxylation sites is 2. The summed E-state index contributed by atoms with van der Waals surface area (Å²) < 4.78 is 4.68. The molecule has 44 heavy (non-hydrogen) atoms. The van der Waals surface area contributed by atoms with Gasteiger partial charge in [0.05, 0.1) is 27.6 Å². The molecule has 6 aromatic carbocycles. The van der Waals surface area contributed by atoms with E-state index in [0.717, 1.165) is 55.6 Å². The van der Waals surface area contributed by atoms with Crippen molar-refractivity contribution in [2.75, 3.05) is 0 Å². The molecule has 0 aliphatic heterocycles. The van der Waals surface area contributed by atoms with Crippen LogP contribution in [0.4, 0.5) is 0 Å². The maximum absolute atomic E-state index is 14.1. The van der Waals surface area contributed by atoms with Crippen LogP contribution in [-0.2, 0) is 5.41 Å². The Balaban J connectivity index is 1.42. The zero-order valence-corrected chi connectivity index (χ0v) is 24.9. The third kappa shape index (κ3) is 3.35. The predicted octanol–water partition coefficient (Wildman–Crippen LogP) is 10.4. The lowest BCUT2D eigenvalue weighted by Gasteiger charge is -2.19. The van der Waals surface area contributed by atoms with Gasteiger partial charge in [-0.3, -0.25) is 4.79 Å². The van der Waals surface area contributed by atoms with Crippen molar-refractivity contribution in [3.05, 3.63) is 144 Å². The first-order valence-electron chi connectivity index (χ1n) is 15.2. The van der Waals surface area contributed by atoms with E-state index < -0.39 is 0 Å². The largest absolute Gasteiger partial charge is 0.309 e. The molecule has 3 heteroatoms. The van der Waals surface area contributed by atoms with Crippen molar-refractivity contribution < 1.29 is 4.79 Å².